The third-order valence-electron chi connectivity index (χ3n) is 13.3. The third-order valence-corrected chi connectivity index (χ3v) is 13.3. The lowest BCUT2D eigenvalue weighted by Gasteiger charge is -2.31. The molecule has 2 fully saturated rings. The molecule has 0 radical (unpaired) electrons. The minimum atomic E-state index is -1.07. The second kappa shape index (κ2) is 26.1. The fourth-order valence-electron chi connectivity index (χ4n) is 8.98. The van der Waals surface area contributed by atoms with Gasteiger partial charge in [-0.05, 0) is 81.9 Å². The summed E-state index contributed by atoms with van der Waals surface area (Å²) in [6.07, 6.45) is 0.0718. The van der Waals surface area contributed by atoms with E-state index < -0.39 is 133 Å². The van der Waals surface area contributed by atoms with Crippen LogP contribution in [-0.4, -0.2) is 156 Å². The number of carbonyl (C=O) groups is 8. The number of amides is 8. The van der Waals surface area contributed by atoms with Gasteiger partial charge >= 0.3 is 0 Å². The monoisotopic (exact) mass is 997 g/mol. The quantitative estimate of drug-likeness (QED) is 0.0651. The molecule has 8 amide bonds. The van der Waals surface area contributed by atoms with Crippen LogP contribution in [0.4, 0.5) is 0 Å². The molecule has 5 rings (SSSR count). The molecule has 390 valence electrons. The van der Waals surface area contributed by atoms with Crippen LogP contribution in [0.25, 0.3) is 0 Å². The molecule has 0 unspecified atom stereocenters. The van der Waals surface area contributed by atoms with Crippen molar-refractivity contribution >= 4 is 47.3 Å². The lowest BCUT2D eigenvalue weighted by atomic mass is 10.0. The van der Waals surface area contributed by atoms with Crippen molar-refractivity contribution in [1.82, 2.24) is 52.3 Å². The molecule has 2 saturated heterocycles. The van der Waals surface area contributed by atoms with Gasteiger partial charge in [0.1, 0.15) is 36.3 Å². The van der Waals surface area contributed by atoms with Crippen molar-refractivity contribution in [3.63, 3.8) is 0 Å². The number of benzene rings is 3. The predicted octanol–water partition coefficient (Wildman–Crippen LogP) is 0.282. The smallest absolute Gasteiger partial charge is 0.251 e. The summed E-state index contributed by atoms with van der Waals surface area (Å²) >= 11 is 0. The van der Waals surface area contributed by atoms with Gasteiger partial charge in [-0.25, -0.2) is 0 Å². The van der Waals surface area contributed by atoms with Gasteiger partial charge in [-0.3, -0.25) is 38.4 Å². The topological polar surface area (TPSA) is 280 Å². The van der Waals surface area contributed by atoms with E-state index in [0.29, 0.717) is 0 Å². The Labute approximate surface area is 421 Å². The van der Waals surface area contributed by atoms with Crippen molar-refractivity contribution in [3.05, 3.63) is 107 Å². The van der Waals surface area contributed by atoms with Crippen LogP contribution in [0.5, 0.6) is 0 Å². The van der Waals surface area contributed by atoms with Crippen LogP contribution in [0.1, 0.15) is 98.3 Å². The zero-order valence-electron chi connectivity index (χ0n) is 42.3. The van der Waals surface area contributed by atoms with Crippen LogP contribution in [0.15, 0.2) is 84.9 Å². The molecule has 3 aromatic rings. The van der Waals surface area contributed by atoms with Gasteiger partial charge < -0.3 is 62.5 Å². The van der Waals surface area contributed by atoms with Gasteiger partial charge in [0, 0.05) is 36.3 Å². The number of hydrogen-bond acceptors (Lipinski definition) is 12. The van der Waals surface area contributed by atoms with E-state index in [-0.39, 0.29) is 37.1 Å². The highest BCUT2D eigenvalue weighted by Crippen LogP contribution is 2.26. The van der Waals surface area contributed by atoms with Crippen LogP contribution >= 0.6 is 0 Å². The number of aliphatic hydroxyl groups is 2. The minimum Gasteiger partial charge on any atom is -0.394 e. The highest BCUT2D eigenvalue weighted by atomic mass is 16.3. The molecule has 2 heterocycles. The number of carbonyl (C=O) groups excluding carboxylic acids is 8. The number of aliphatic hydroxyl groups excluding tert-OH is 2. The van der Waals surface area contributed by atoms with Gasteiger partial charge in [0.15, 0.2) is 0 Å². The molecular weight excluding hydrogens is 925 g/mol. The normalized spacial score (nSPS) is 20.1. The zero-order valence-corrected chi connectivity index (χ0v) is 42.3. The number of rotatable bonds is 22. The van der Waals surface area contributed by atoms with Gasteiger partial charge in [0.25, 0.3) is 11.8 Å². The molecule has 10 atom stereocenters. The van der Waals surface area contributed by atoms with E-state index in [1.165, 1.54) is 48.2 Å². The first-order chi connectivity index (χ1) is 34.3. The summed E-state index contributed by atoms with van der Waals surface area (Å²) in [6.45, 7) is 9.45. The summed E-state index contributed by atoms with van der Waals surface area (Å²) in [5.74, 6) is -5.20. The van der Waals surface area contributed by atoms with Gasteiger partial charge in [-0.1, -0.05) is 94.4 Å². The maximum atomic E-state index is 14.3. The molecular formula is C52H72N10O10. The van der Waals surface area contributed by atoms with E-state index in [9.17, 15) is 48.6 Å². The molecule has 72 heavy (non-hydrogen) atoms. The van der Waals surface area contributed by atoms with Gasteiger partial charge in [0.2, 0.25) is 35.4 Å². The first-order valence-corrected chi connectivity index (χ1v) is 24.5. The Balaban J connectivity index is 1.33. The molecule has 0 spiro atoms. The molecule has 0 aliphatic carbocycles. The first kappa shape index (κ1) is 56.2. The van der Waals surface area contributed by atoms with Crippen molar-refractivity contribution in [3.8, 4) is 0 Å². The van der Waals surface area contributed by atoms with Crippen molar-refractivity contribution in [2.45, 2.75) is 115 Å². The van der Waals surface area contributed by atoms with Gasteiger partial charge in [-0.15, -0.1) is 0 Å². The van der Waals surface area contributed by atoms with Gasteiger partial charge in [0.05, 0.1) is 25.3 Å². The van der Waals surface area contributed by atoms with Crippen LogP contribution in [0.2, 0.25) is 0 Å². The number of likely N-dealkylation sites (N-methyl/N-ethyl adjacent to an activating group) is 2. The molecule has 0 saturated carbocycles. The standard InChI is InChI=1S/C52H72N10O10/c1-29(2)43(59-47(67)39(27-63)53-7)51(71)61-25-37(23-41(61)49(69)55-31(5)33-16-11-9-12-17-33)57-45(65)35-20-15-21-36(22-35)46(66)58-38-24-42(50(70)56-32(6)34-18-13-10-14-19-34)62(26-38)52(72)44(30(3)4)60-48(68)40(28-64)54-8/h9-22,29-32,37-44,53-54,63-64H,23-28H2,1-8H3,(H,55,69)(H,56,70)(H,57,65)(H,58,66)(H,59,67)(H,60,68)/t31-,32-,37+,38+,39+,40+,41+,42+,43+,44+/m1/s1. The Morgan fingerprint density at radius 1 is 0.528 bits per heavy atom. The molecule has 2 aliphatic rings. The third kappa shape index (κ3) is 14.2. The summed E-state index contributed by atoms with van der Waals surface area (Å²) in [6, 6.07) is 16.0. The van der Waals surface area contributed by atoms with Crippen molar-refractivity contribution in [1.29, 1.82) is 0 Å². The molecule has 20 heteroatoms. The van der Waals surface area contributed by atoms with Crippen LogP contribution in [-0.2, 0) is 28.8 Å². The number of hydrogen-bond donors (Lipinski definition) is 10. The van der Waals surface area contributed by atoms with E-state index in [2.05, 4.69) is 42.5 Å². The largest absolute Gasteiger partial charge is 0.394 e. The van der Waals surface area contributed by atoms with E-state index in [1.807, 2.05) is 74.5 Å². The SMILES string of the molecule is CN[C@@H](CO)C(=O)N[C@H](C(=O)N1C[C@@H](NC(=O)c2cccc(C(=O)N[C@H]3C[C@@H](C(=O)N[C@H](C)c4ccccc4)N(C(=O)[C@@H](NC(=O)[C@H](CO)NC)C(C)C)C3)c2)C[C@H]1C(=O)N[C@H](C)c1ccccc1)C(C)C. The van der Waals surface area contributed by atoms with E-state index >= 15 is 0 Å². The highest BCUT2D eigenvalue weighted by Gasteiger charge is 2.45. The number of likely N-dealkylation sites (tertiary alicyclic amines) is 2. The minimum absolute atomic E-state index is 0.0359. The van der Waals surface area contributed by atoms with Crippen LogP contribution < -0.4 is 42.5 Å². The first-order valence-electron chi connectivity index (χ1n) is 24.5. The Morgan fingerprint density at radius 3 is 1.21 bits per heavy atom. The van der Waals surface area contributed by atoms with E-state index in [0.717, 1.165) is 11.1 Å². The lowest BCUT2D eigenvalue weighted by Crippen LogP contribution is -2.58. The van der Waals surface area contributed by atoms with Crippen molar-refractivity contribution < 1.29 is 48.6 Å². The summed E-state index contributed by atoms with van der Waals surface area (Å²) in [7, 11) is 3.01. The van der Waals surface area contributed by atoms with Crippen molar-refractivity contribution in [2.24, 2.45) is 11.8 Å². The Morgan fingerprint density at radius 2 is 0.889 bits per heavy atom. The second-order valence-electron chi connectivity index (χ2n) is 19.2. The molecule has 3 aromatic carbocycles. The average molecular weight is 997 g/mol. The molecule has 2 aliphatic heterocycles. The fraction of sp³-hybridized carbons (Fsp3) is 0.500. The van der Waals surface area contributed by atoms with E-state index in [1.54, 1.807) is 27.7 Å². The summed E-state index contributed by atoms with van der Waals surface area (Å²) < 4.78 is 0. The maximum absolute atomic E-state index is 14.3. The second-order valence-corrected chi connectivity index (χ2v) is 19.2. The Kier molecular flexibility index (Phi) is 20.4. The summed E-state index contributed by atoms with van der Waals surface area (Å²) in [5.41, 5.74) is 1.89. The highest BCUT2D eigenvalue weighted by molar-refractivity contribution is 6.01. The molecule has 0 aromatic heterocycles. The summed E-state index contributed by atoms with van der Waals surface area (Å²) in [4.78, 5) is 114. The molecule has 0 bridgehead atoms. The lowest BCUT2D eigenvalue weighted by molar-refractivity contribution is -0.143. The Hall–Kier alpha value is -6.74. The van der Waals surface area contributed by atoms with Crippen LogP contribution in [0, 0.1) is 11.8 Å². The van der Waals surface area contributed by atoms with Gasteiger partial charge in [-0.2, -0.15) is 0 Å². The molecule has 10 N–H and O–H groups in total. The van der Waals surface area contributed by atoms with Crippen LogP contribution in [0.3, 0.4) is 0 Å². The number of nitrogens with zero attached hydrogens (tertiary/aromatic N) is 2. The average Bonchev–Trinajstić information content (AvgIpc) is 4.00. The maximum Gasteiger partial charge on any atom is 0.251 e. The fourth-order valence-corrected chi connectivity index (χ4v) is 8.98. The zero-order chi connectivity index (χ0) is 52.8. The van der Waals surface area contributed by atoms with E-state index in [4.69, 9.17) is 0 Å². The Bertz CT molecular complexity index is 2210. The summed E-state index contributed by atoms with van der Waals surface area (Å²) in [5, 5.41) is 42.2. The predicted molar refractivity (Wildman–Crippen MR) is 269 cm³/mol. The number of nitrogens with one attached hydrogen (secondary N) is 8. The molecule has 20 nitrogen and oxygen atoms in total. The van der Waals surface area contributed by atoms with Crippen molar-refractivity contribution in [2.75, 3.05) is 40.4 Å².